The number of nitrogens with zero attached hydrogens (tertiary/aromatic N) is 1. The summed E-state index contributed by atoms with van der Waals surface area (Å²) in [5, 5.41) is 2.51. The van der Waals surface area contributed by atoms with E-state index in [9.17, 15) is 13.2 Å². The molecule has 1 aromatic rings. The lowest BCUT2D eigenvalue weighted by molar-refractivity contribution is 0.0963. The molecule has 22 heavy (non-hydrogen) atoms. The Morgan fingerprint density at radius 1 is 1.32 bits per heavy atom. The standard InChI is InChI=1S/C15H23N3O3S/c1-11(16)14-5-3-4-10-18(14)22(20,21)13-8-6-12(7-9-13)15(19)17-2/h6-9,11,14H,3-5,10,16H2,1-2H3,(H,17,19)/t11-,14+/m1/s1. The molecule has 0 aromatic heterocycles. The van der Waals surface area contributed by atoms with Crippen LogP contribution in [-0.4, -0.2) is 44.3 Å². The number of amides is 1. The molecule has 2 atom stereocenters. The van der Waals surface area contributed by atoms with Gasteiger partial charge in [-0.15, -0.1) is 0 Å². The van der Waals surface area contributed by atoms with Crippen molar-refractivity contribution in [3.05, 3.63) is 29.8 Å². The summed E-state index contributed by atoms with van der Waals surface area (Å²) in [5.74, 6) is -0.240. The SMILES string of the molecule is CNC(=O)c1ccc(S(=O)(=O)N2CCCC[C@H]2[C@@H](C)N)cc1. The average molecular weight is 325 g/mol. The van der Waals surface area contributed by atoms with Crippen LogP contribution in [0.1, 0.15) is 36.5 Å². The lowest BCUT2D eigenvalue weighted by Gasteiger charge is -2.36. The van der Waals surface area contributed by atoms with E-state index in [2.05, 4.69) is 5.32 Å². The summed E-state index contributed by atoms with van der Waals surface area (Å²) in [4.78, 5) is 11.7. The van der Waals surface area contributed by atoms with E-state index >= 15 is 0 Å². The van der Waals surface area contributed by atoms with Crippen LogP contribution in [0.5, 0.6) is 0 Å². The predicted molar refractivity (Wildman–Crippen MR) is 85.0 cm³/mol. The number of carbonyl (C=O) groups excluding carboxylic acids is 1. The Bertz CT molecular complexity index is 626. The lowest BCUT2D eigenvalue weighted by Crippen LogP contribution is -2.51. The number of hydrogen-bond acceptors (Lipinski definition) is 4. The first kappa shape index (κ1) is 16.9. The summed E-state index contributed by atoms with van der Waals surface area (Å²) in [6.07, 6.45) is 2.62. The fourth-order valence-electron chi connectivity index (χ4n) is 2.81. The van der Waals surface area contributed by atoms with Crippen LogP contribution in [0.4, 0.5) is 0 Å². The van der Waals surface area contributed by atoms with Gasteiger partial charge in [0.25, 0.3) is 5.91 Å². The van der Waals surface area contributed by atoms with Gasteiger partial charge in [-0.3, -0.25) is 4.79 Å². The molecule has 0 aliphatic carbocycles. The molecule has 1 aromatic carbocycles. The predicted octanol–water partition coefficient (Wildman–Crippen LogP) is 0.937. The van der Waals surface area contributed by atoms with Crippen molar-refractivity contribution in [1.29, 1.82) is 0 Å². The quantitative estimate of drug-likeness (QED) is 0.861. The maximum Gasteiger partial charge on any atom is 0.251 e. The summed E-state index contributed by atoms with van der Waals surface area (Å²) in [5.41, 5.74) is 6.39. The molecule has 7 heteroatoms. The van der Waals surface area contributed by atoms with Crippen molar-refractivity contribution < 1.29 is 13.2 Å². The topological polar surface area (TPSA) is 92.5 Å². The summed E-state index contributed by atoms with van der Waals surface area (Å²) in [6.45, 7) is 2.33. The molecule has 1 amide bonds. The first-order chi connectivity index (χ1) is 10.4. The Morgan fingerprint density at radius 2 is 1.95 bits per heavy atom. The van der Waals surface area contributed by atoms with Gasteiger partial charge in [0.2, 0.25) is 10.0 Å². The van der Waals surface area contributed by atoms with E-state index in [0.717, 1.165) is 19.3 Å². The van der Waals surface area contributed by atoms with Crippen LogP contribution in [0, 0.1) is 0 Å². The third-order valence-corrected chi connectivity index (χ3v) is 5.99. The first-order valence-corrected chi connectivity index (χ1v) is 8.91. The molecular weight excluding hydrogens is 302 g/mol. The third-order valence-electron chi connectivity index (χ3n) is 4.06. The van der Waals surface area contributed by atoms with E-state index in [1.165, 1.54) is 35.6 Å². The third kappa shape index (κ3) is 3.31. The maximum absolute atomic E-state index is 12.8. The molecule has 122 valence electrons. The van der Waals surface area contributed by atoms with Crippen molar-refractivity contribution in [2.45, 2.75) is 43.2 Å². The first-order valence-electron chi connectivity index (χ1n) is 7.47. The van der Waals surface area contributed by atoms with Crippen LogP contribution >= 0.6 is 0 Å². The van der Waals surface area contributed by atoms with Crippen LogP contribution in [0.25, 0.3) is 0 Å². The fraction of sp³-hybridized carbons (Fsp3) is 0.533. The van der Waals surface area contributed by atoms with E-state index in [0.29, 0.717) is 12.1 Å². The Labute approximate surface area is 131 Å². The van der Waals surface area contributed by atoms with Gasteiger partial charge in [0.05, 0.1) is 4.90 Å². The van der Waals surface area contributed by atoms with Gasteiger partial charge in [0.1, 0.15) is 0 Å². The van der Waals surface area contributed by atoms with Crippen molar-refractivity contribution in [3.63, 3.8) is 0 Å². The Morgan fingerprint density at radius 3 is 2.50 bits per heavy atom. The number of benzene rings is 1. The highest BCUT2D eigenvalue weighted by Crippen LogP contribution is 2.26. The van der Waals surface area contributed by atoms with Crippen LogP contribution < -0.4 is 11.1 Å². The Kier molecular flexibility index (Phi) is 5.20. The molecule has 1 aliphatic rings. The summed E-state index contributed by atoms with van der Waals surface area (Å²) in [7, 11) is -2.05. The molecule has 0 radical (unpaired) electrons. The fourth-order valence-corrected chi connectivity index (χ4v) is 4.59. The molecule has 1 saturated heterocycles. The highest BCUT2D eigenvalue weighted by Gasteiger charge is 2.35. The van der Waals surface area contributed by atoms with Gasteiger partial charge in [-0.1, -0.05) is 6.42 Å². The molecule has 0 bridgehead atoms. The molecule has 2 rings (SSSR count). The van der Waals surface area contributed by atoms with E-state index < -0.39 is 10.0 Å². The van der Waals surface area contributed by atoms with Crippen molar-refractivity contribution in [3.8, 4) is 0 Å². The molecule has 0 saturated carbocycles. The van der Waals surface area contributed by atoms with Gasteiger partial charge in [0, 0.05) is 31.2 Å². The summed E-state index contributed by atoms with van der Waals surface area (Å²) < 4.78 is 27.2. The summed E-state index contributed by atoms with van der Waals surface area (Å²) >= 11 is 0. The monoisotopic (exact) mass is 325 g/mol. The minimum Gasteiger partial charge on any atom is -0.355 e. The number of sulfonamides is 1. The van der Waals surface area contributed by atoms with Crippen molar-refractivity contribution in [1.82, 2.24) is 9.62 Å². The zero-order chi connectivity index (χ0) is 16.3. The highest BCUT2D eigenvalue weighted by atomic mass is 32.2. The van der Waals surface area contributed by atoms with Crippen molar-refractivity contribution in [2.24, 2.45) is 5.73 Å². The van der Waals surface area contributed by atoms with Gasteiger partial charge < -0.3 is 11.1 Å². The average Bonchev–Trinajstić information content (AvgIpc) is 2.54. The molecule has 1 fully saturated rings. The number of hydrogen-bond donors (Lipinski definition) is 2. The van der Waals surface area contributed by atoms with Crippen LogP contribution in [0.3, 0.4) is 0 Å². The van der Waals surface area contributed by atoms with E-state index in [4.69, 9.17) is 5.73 Å². The molecule has 3 N–H and O–H groups in total. The van der Waals surface area contributed by atoms with Gasteiger partial charge in [-0.05, 0) is 44.0 Å². The Hall–Kier alpha value is -1.44. The normalized spacial score (nSPS) is 21.3. The number of nitrogens with two attached hydrogens (primary N) is 1. The van der Waals surface area contributed by atoms with Gasteiger partial charge in [-0.25, -0.2) is 8.42 Å². The molecular formula is C15H23N3O3S. The number of piperidine rings is 1. The minimum absolute atomic E-state index is 0.169. The lowest BCUT2D eigenvalue weighted by atomic mass is 10.00. The van der Waals surface area contributed by atoms with Crippen LogP contribution in [0.2, 0.25) is 0 Å². The van der Waals surface area contributed by atoms with Crippen LogP contribution in [-0.2, 0) is 10.0 Å². The molecule has 0 unspecified atom stereocenters. The molecule has 6 nitrogen and oxygen atoms in total. The largest absolute Gasteiger partial charge is 0.355 e. The second-order valence-electron chi connectivity index (χ2n) is 5.64. The van der Waals surface area contributed by atoms with E-state index in [1.807, 2.05) is 6.92 Å². The zero-order valence-corrected chi connectivity index (χ0v) is 13.8. The number of nitrogens with one attached hydrogen (secondary N) is 1. The second kappa shape index (κ2) is 6.76. The van der Waals surface area contributed by atoms with Gasteiger partial charge >= 0.3 is 0 Å². The maximum atomic E-state index is 12.8. The van der Waals surface area contributed by atoms with Crippen molar-refractivity contribution >= 4 is 15.9 Å². The van der Waals surface area contributed by atoms with Gasteiger partial charge in [0.15, 0.2) is 0 Å². The van der Waals surface area contributed by atoms with E-state index in [1.54, 1.807) is 0 Å². The minimum atomic E-state index is -3.58. The molecule has 1 aliphatic heterocycles. The second-order valence-corrected chi connectivity index (χ2v) is 7.53. The molecule has 0 spiro atoms. The highest BCUT2D eigenvalue weighted by molar-refractivity contribution is 7.89. The zero-order valence-electron chi connectivity index (χ0n) is 13.0. The Balaban J connectivity index is 2.30. The summed E-state index contributed by atoms with van der Waals surface area (Å²) in [6, 6.07) is 5.63. The molecule has 1 heterocycles. The number of carbonyl (C=O) groups is 1. The number of rotatable bonds is 4. The van der Waals surface area contributed by atoms with Gasteiger partial charge in [-0.2, -0.15) is 4.31 Å². The van der Waals surface area contributed by atoms with Crippen molar-refractivity contribution in [2.75, 3.05) is 13.6 Å². The smallest absolute Gasteiger partial charge is 0.251 e. The van der Waals surface area contributed by atoms with E-state index in [-0.39, 0.29) is 22.9 Å². The van der Waals surface area contributed by atoms with Crippen LogP contribution in [0.15, 0.2) is 29.2 Å².